The number of nitrogens with zero attached hydrogens (tertiary/aromatic N) is 3. The molecule has 6 aromatic rings. The molecule has 0 saturated carbocycles. The van der Waals surface area contributed by atoms with Crippen LogP contribution in [0.1, 0.15) is 19.3 Å². The normalized spacial score (nSPS) is 13.0. The van der Waals surface area contributed by atoms with Gasteiger partial charge in [0.05, 0.1) is 36.3 Å². The van der Waals surface area contributed by atoms with Gasteiger partial charge in [-0.3, -0.25) is 15.5 Å². The maximum atomic E-state index is 12.7. The maximum Gasteiger partial charge on any atom is 0.413 e. The highest BCUT2D eigenvalue weighted by molar-refractivity contribution is 7.87. The van der Waals surface area contributed by atoms with E-state index in [-0.39, 0.29) is 38.9 Å². The largest absolute Gasteiger partial charge is 0.492 e. The summed E-state index contributed by atoms with van der Waals surface area (Å²) in [5, 5.41) is 13.4. The highest BCUT2D eigenvalue weighted by Crippen LogP contribution is 2.27. The molecule has 0 bridgehead atoms. The van der Waals surface area contributed by atoms with Crippen molar-refractivity contribution < 1.29 is 63.6 Å². The van der Waals surface area contributed by atoms with Gasteiger partial charge in [0.15, 0.2) is 6.61 Å². The Hall–Kier alpha value is -7.11. The number of anilines is 2. The molecule has 4 aromatic carbocycles. The molecule has 21 nitrogen and oxygen atoms in total. The number of piperidine rings is 1. The Kier molecular flexibility index (Phi) is 14.3. The number of carboxylic acid groups (broad SMARTS) is 1. The summed E-state index contributed by atoms with van der Waals surface area (Å²) in [5.74, 6) is 0.0988. The number of hydrogen-bond donors (Lipinski definition) is 5. The Morgan fingerprint density at radius 3 is 1.52 bits per heavy atom. The van der Waals surface area contributed by atoms with E-state index in [9.17, 15) is 31.2 Å². The lowest BCUT2D eigenvalue weighted by Gasteiger charge is -2.26. The number of fused-ring (bicyclic) bond motifs is 2. The first-order valence-corrected chi connectivity index (χ1v) is 21.5. The van der Waals surface area contributed by atoms with Crippen molar-refractivity contribution in [1.82, 2.24) is 24.8 Å². The molecule has 1 aliphatic heterocycles. The molecule has 0 unspecified atom stereocenters. The minimum absolute atomic E-state index is 0.0173. The molecule has 62 heavy (non-hydrogen) atoms. The number of amides is 2. The van der Waals surface area contributed by atoms with Gasteiger partial charge in [-0.1, -0.05) is 6.42 Å². The molecule has 0 radical (unpaired) electrons. The third kappa shape index (κ3) is 12.2. The van der Waals surface area contributed by atoms with Gasteiger partial charge in [-0.25, -0.2) is 24.4 Å². The van der Waals surface area contributed by atoms with Crippen LogP contribution in [-0.4, -0.2) is 112 Å². The number of hydrogen-bond acceptors (Lipinski definition) is 16. The fraction of sp³-hybridized carbons (Fsp3) is 0.256. The fourth-order valence-electron chi connectivity index (χ4n) is 5.87. The molecule has 1 aliphatic rings. The van der Waals surface area contributed by atoms with E-state index in [0.717, 1.165) is 19.6 Å². The number of carboxylic acids is 1. The van der Waals surface area contributed by atoms with Gasteiger partial charge in [-0.2, -0.15) is 16.8 Å². The number of aromatic nitrogens is 4. The number of nitrogens with one attached hydrogen (secondary N) is 4. The topological polar surface area (TPSA) is 280 Å². The third-order valence-corrected chi connectivity index (χ3v) is 11.4. The van der Waals surface area contributed by atoms with Crippen molar-refractivity contribution in [2.75, 3.05) is 57.7 Å². The van der Waals surface area contributed by atoms with Crippen molar-refractivity contribution in [2.45, 2.75) is 29.1 Å². The number of likely N-dealkylation sites (tertiary alicyclic amines) is 1. The lowest BCUT2D eigenvalue weighted by molar-refractivity contribution is -0.139. The first kappa shape index (κ1) is 44.4. The Morgan fingerprint density at radius 2 is 1.08 bits per heavy atom. The molecular formula is C39H41N7O14S2. The Bertz CT molecular complexity index is 2740. The van der Waals surface area contributed by atoms with Crippen LogP contribution < -0.4 is 28.5 Å². The molecule has 1 fully saturated rings. The monoisotopic (exact) mass is 895 g/mol. The quantitative estimate of drug-likeness (QED) is 0.0813. The molecule has 5 N–H and O–H groups in total. The van der Waals surface area contributed by atoms with Gasteiger partial charge in [0.2, 0.25) is 11.9 Å². The van der Waals surface area contributed by atoms with Crippen molar-refractivity contribution >= 4 is 72.4 Å². The summed E-state index contributed by atoms with van der Waals surface area (Å²) < 4.78 is 80.4. The SMILES string of the molecule is COC(=O)Nc1nc2ccc(OS(=O)(=O)c3ccc(OCC(=O)O)cc3)cc2[nH]1.COC(=O)Nc1nc2ccc(OS(=O)(=O)c3ccc(OCCN4CCCCC4)cc3)cc2[nH]1. The molecule has 2 aromatic heterocycles. The number of H-pyrrole nitrogens is 2. The average Bonchev–Trinajstić information content (AvgIpc) is 3.85. The van der Waals surface area contributed by atoms with E-state index in [1.165, 1.54) is 100 Å². The summed E-state index contributed by atoms with van der Waals surface area (Å²) in [7, 11) is -5.74. The third-order valence-electron chi connectivity index (χ3n) is 8.84. The number of imidazole rings is 2. The van der Waals surface area contributed by atoms with E-state index in [2.05, 4.69) is 44.9 Å². The van der Waals surface area contributed by atoms with Gasteiger partial charge >= 0.3 is 38.4 Å². The van der Waals surface area contributed by atoms with Gasteiger partial charge in [0.1, 0.15) is 39.4 Å². The van der Waals surface area contributed by atoms with E-state index < -0.39 is 45.0 Å². The molecule has 7 rings (SSSR count). The van der Waals surface area contributed by atoms with Gasteiger partial charge in [0, 0.05) is 18.7 Å². The zero-order valence-corrected chi connectivity index (χ0v) is 34.8. The van der Waals surface area contributed by atoms with Crippen LogP contribution in [0, 0.1) is 0 Å². The predicted octanol–water partition coefficient (Wildman–Crippen LogP) is 5.35. The predicted molar refractivity (Wildman–Crippen MR) is 222 cm³/mol. The summed E-state index contributed by atoms with van der Waals surface area (Å²) in [6.07, 6.45) is 2.36. The van der Waals surface area contributed by atoms with Crippen LogP contribution >= 0.6 is 0 Å². The second kappa shape index (κ2) is 20.0. The standard InChI is InChI=1S/C22H26N4O6S.C17H15N3O8S/c1-30-22(27)25-21-23-19-10-7-17(15-20(19)24-21)32-33(28,29)18-8-5-16(6-9-18)31-14-13-26-11-3-2-4-12-26;1-26-17(23)20-16-18-13-7-4-11(8-14(13)19-16)28-29(24,25)12-5-2-10(3-6-12)27-9-15(21)22/h5-10,15H,2-4,11-14H2,1H3,(H2,23,24,25,27);2-8H,9H2,1H3,(H,21,22)(H2,18,19,20,23). The van der Waals surface area contributed by atoms with Crippen molar-refractivity contribution in [1.29, 1.82) is 0 Å². The number of benzene rings is 4. The molecule has 0 atom stereocenters. The van der Waals surface area contributed by atoms with Crippen molar-refractivity contribution in [2.24, 2.45) is 0 Å². The molecule has 328 valence electrons. The number of aromatic amines is 2. The molecule has 0 aliphatic carbocycles. The van der Waals surface area contributed by atoms with Crippen LogP contribution in [0.4, 0.5) is 21.5 Å². The van der Waals surface area contributed by atoms with E-state index in [4.69, 9.17) is 22.9 Å². The van der Waals surface area contributed by atoms with Crippen LogP contribution in [0.5, 0.6) is 23.0 Å². The molecule has 0 spiro atoms. The van der Waals surface area contributed by atoms with Gasteiger partial charge in [-0.15, -0.1) is 0 Å². The Balaban J connectivity index is 0.000000209. The van der Waals surface area contributed by atoms with Crippen LogP contribution in [0.3, 0.4) is 0 Å². The average molecular weight is 896 g/mol. The summed E-state index contributed by atoms with van der Waals surface area (Å²) in [4.78, 5) is 49.2. The van der Waals surface area contributed by atoms with Crippen LogP contribution in [0.25, 0.3) is 22.1 Å². The highest BCUT2D eigenvalue weighted by Gasteiger charge is 2.20. The van der Waals surface area contributed by atoms with Gasteiger partial charge in [-0.05, 0) is 98.7 Å². The van der Waals surface area contributed by atoms with Crippen molar-refractivity contribution in [3.05, 3.63) is 84.9 Å². The van der Waals surface area contributed by atoms with Crippen molar-refractivity contribution in [3.8, 4) is 23.0 Å². The number of ether oxygens (including phenoxy) is 4. The first-order chi connectivity index (χ1) is 29.7. The summed E-state index contributed by atoms with van der Waals surface area (Å²) in [6.45, 7) is 3.08. The van der Waals surface area contributed by atoms with Gasteiger partial charge in [0.25, 0.3) is 0 Å². The zero-order valence-electron chi connectivity index (χ0n) is 33.2. The minimum Gasteiger partial charge on any atom is -0.492 e. The fourth-order valence-corrected chi connectivity index (χ4v) is 7.72. The molecular weight excluding hydrogens is 855 g/mol. The van der Waals surface area contributed by atoms with Gasteiger partial charge < -0.3 is 42.4 Å². The maximum absolute atomic E-state index is 12.7. The minimum atomic E-state index is -4.14. The Morgan fingerprint density at radius 1 is 0.645 bits per heavy atom. The smallest absolute Gasteiger partial charge is 0.413 e. The second-order valence-electron chi connectivity index (χ2n) is 13.2. The number of methoxy groups -OCH3 is 2. The van der Waals surface area contributed by atoms with Crippen LogP contribution in [0.15, 0.2) is 94.7 Å². The number of carbonyl (C=O) groups is 3. The van der Waals surface area contributed by atoms with Crippen molar-refractivity contribution in [3.63, 3.8) is 0 Å². The highest BCUT2D eigenvalue weighted by atomic mass is 32.2. The van der Waals surface area contributed by atoms with E-state index in [1.54, 1.807) is 18.2 Å². The van der Waals surface area contributed by atoms with E-state index in [1.807, 2.05) is 0 Å². The Labute approximate surface area is 354 Å². The summed E-state index contributed by atoms with van der Waals surface area (Å²) in [6, 6.07) is 20.2. The molecule has 3 heterocycles. The number of carbonyl (C=O) groups excluding carboxylic acids is 2. The zero-order chi connectivity index (χ0) is 44.3. The summed E-state index contributed by atoms with van der Waals surface area (Å²) >= 11 is 0. The second-order valence-corrected chi connectivity index (χ2v) is 16.3. The lowest BCUT2D eigenvalue weighted by atomic mass is 10.1. The van der Waals surface area contributed by atoms with E-state index in [0.29, 0.717) is 34.4 Å². The first-order valence-electron chi connectivity index (χ1n) is 18.7. The molecule has 1 saturated heterocycles. The molecule has 2 amide bonds. The number of rotatable bonds is 15. The van der Waals surface area contributed by atoms with E-state index >= 15 is 0 Å². The number of aliphatic carboxylic acids is 1. The lowest BCUT2D eigenvalue weighted by Crippen LogP contribution is -2.33. The van der Waals surface area contributed by atoms with Crippen LogP contribution in [0.2, 0.25) is 0 Å². The van der Waals surface area contributed by atoms with Crippen LogP contribution in [-0.2, 0) is 34.5 Å². The summed E-state index contributed by atoms with van der Waals surface area (Å²) in [5.41, 5.74) is 1.92. The molecule has 23 heteroatoms.